The molecule has 0 atom stereocenters. The van der Waals surface area contributed by atoms with Gasteiger partial charge in [0, 0.05) is 0 Å². The number of rotatable bonds is 7. The number of benzene rings is 1. The summed E-state index contributed by atoms with van der Waals surface area (Å²) < 4.78 is 33.1. The van der Waals surface area contributed by atoms with Gasteiger partial charge in [0.05, 0.1) is 16.1 Å². The van der Waals surface area contributed by atoms with Crippen molar-refractivity contribution in [2.24, 2.45) is 11.8 Å². The third kappa shape index (κ3) is 4.54. The van der Waals surface area contributed by atoms with Crippen molar-refractivity contribution < 1.29 is 13.5 Å². The van der Waals surface area contributed by atoms with Crippen molar-refractivity contribution in [1.82, 2.24) is 0 Å². The molecule has 2 rings (SSSR count). The minimum absolute atomic E-state index is 0.0397. The van der Waals surface area contributed by atoms with Crippen molar-refractivity contribution in [3.8, 4) is 5.75 Å². The molecule has 0 amide bonds. The van der Waals surface area contributed by atoms with Crippen LogP contribution in [0.4, 0.5) is 8.78 Å². The highest BCUT2D eigenvalue weighted by molar-refractivity contribution is 6.53. The molecule has 0 heterocycles. The first-order valence-corrected chi connectivity index (χ1v) is 10.5. The van der Waals surface area contributed by atoms with Crippen molar-refractivity contribution in [2.45, 2.75) is 58.4 Å². The predicted molar refractivity (Wildman–Crippen MR) is 90.9 cm³/mol. The topological polar surface area (TPSA) is 9.23 Å². The van der Waals surface area contributed by atoms with Crippen LogP contribution in [0.1, 0.15) is 52.4 Å². The summed E-state index contributed by atoms with van der Waals surface area (Å²) in [6.07, 6.45) is 7.83. The van der Waals surface area contributed by atoms with E-state index < -0.39 is 21.2 Å². The maximum Gasteiger partial charge on any atom is 0.200 e. The molecule has 0 aromatic heterocycles. The van der Waals surface area contributed by atoms with Crippen LogP contribution in [0.5, 0.6) is 5.75 Å². The lowest BCUT2D eigenvalue weighted by atomic mass is 9.81. The second-order valence-electron chi connectivity index (χ2n) is 6.50. The molecule has 0 saturated heterocycles. The molecular formula is C18H28F2OSi. The molecular weight excluding hydrogens is 298 g/mol. The van der Waals surface area contributed by atoms with Crippen LogP contribution in [-0.2, 0) is 0 Å². The van der Waals surface area contributed by atoms with Gasteiger partial charge in [0.1, 0.15) is 0 Å². The second kappa shape index (κ2) is 8.66. The van der Waals surface area contributed by atoms with Gasteiger partial charge in [0.15, 0.2) is 17.4 Å². The summed E-state index contributed by atoms with van der Waals surface area (Å²) in [6, 6.07) is 4.42. The Balaban J connectivity index is 1.86. The van der Waals surface area contributed by atoms with E-state index in [1.54, 1.807) is 19.1 Å². The Labute approximate surface area is 135 Å². The van der Waals surface area contributed by atoms with Gasteiger partial charge in [-0.15, -0.1) is 0 Å². The third-order valence-electron chi connectivity index (χ3n) is 4.91. The summed E-state index contributed by atoms with van der Waals surface area (Å²) in [5.41, 5.74) is 0. The van der Waals surface area contributed by atoms with Crippen LogP contribution in [0.3, 0.4) is 0 Å². The Morgan fingerprint density at radius 2 is 1.73 bits per heavy atom. The first kappa shape index (κ1) is 17.5. The third-order valence-corrected chi connectivity index (χ3v) is 7.10. The number of ether oxygens (including phenoxy) is 1. The van der Waals surface area contributed by atoms with Gasteiger partial charge in [0.2, 0.25) is 0 Å². The summed E-state index contributed by atoms with van der Waals surface area (Å²) in [7, 11) is -0.735. The van der Waals surface area contributed by atoms with Gasteiger partial charge in [-0.25, -0.2) is 4.39 Å². The van der Waals surface area contributed by atoms with Gasteiger partial charge in [-0.3, -0.25) is 0 Å². The number of hydrogen-bond donors (Lipinski definition) is 0. The van der Waals surface area contributed by atoms with E-state index in [0.29, 0.717) is 11.8 Å². The van der Waals surface area contributed by atoms with Gasteiger partial charge in [-0.2, -0.15) is 4.39 Å². The fourth-order valence-corrected chi connectivity index (χ4v) is 5.56. The molecule has 0 aliphatic heterocycles. The van der Waals surface area contributed by atoms with E-state index in [1.807, 2.05) is 0 Å². The minimum Gasteiger partial charge on any atom is -0.491 e. The molecule has 0 radical (unpaired) electrons. The molecule has 1 aliphatic carbocycles. The Hall–Kier alpha value is -0.903. The fourth-order valence-electron chi connectivity index (χ4n) is 3.61. The average Bonchev–Trinajstić information content (AvgIpc) is 2.53. The molecule has 22 heavy (non-hydrogen) atoms. The highest BCUT2D eigenvalue weighted by Gasteiger charge is 2.21. The number of hydrogen-bond acceptors (Lipinski definition) is 1. The lowest BCUT2D eigenvalue weighted by Crippen LogP contribution is -2.24. The highest BCUT2D eigenvalue weighted by atomic mass is 28.2. The molecule has 0 N–H and O–H groups in total. The van der Waals surface area contributed by atoms with E-state index in [1.165, 1.54) is 38.5 Å². The monoisotopic (exact) mass is 326 g/mol. The molecule has 1 aromatic carbocycles. The van der Waals surface area contributed by atoms with Crippen molar-refractivity contribution in [2.75, 3.05) is 6.61 Å². The Kier molecular flexibility index (Phi) is 6.87. The summed E-state index contributed by atoms with van der Waals surface area (Å²) in [6.45, 7) is 4.38. The fraction of sp³-hybridized carbons (Fsp3) is 0.667. The van der Waals surface area contributed by atoms with Gasteiger partial charge in [-0.1, -0.05) is 57.6 Å². The maximum absolute atomic E-state index is 14.1. The normalized spacial score (nSPS) is 22.4. The molecule has 1 aromatic rings. The van der Waals surface area contributed by atoms with E-state index in [-0.39, 0.29) is 5.75 Å². The van der Waals surface area contributed by atoms with Gasteiger partial charge >= 0.3 is 0 Å². The Morgan fingerprint density at radius 1 is 1.05 bits per heavy atom. The first-order chi connectivity index (χ1) is 10.7. The lowest BCUT2D eigenvalue weighted by molar-refractivity contribution is 0.276. The van der Waals surface area contributed by atoms with Gasteiger partial charge < -0.3 is 4.74 Å². The summed E-state index contributed by atoms with van der Waals surface area (Å²) in [5, 5.41) is 0.622. The molecule has 1 nitrogen and oxygen atoms in total. The minimum atomic E-state index is -0.807. The van der Waals surface area contributed by atoms with E-state index in [2.05, 4.69) is 6.92 Å². The van der Waals surface area contributed by atoms with Gasteiger partial charge in [-0.05, 0) is 30.0 Å². The average molecular weight is 327 g/mol. The zero-order valence-corrected chi connectivity index (χ0v) is 15.3. The smallest absolute Gasteiger partial charge is 0.200 e. The first-order valence-electron chi connectivity index (χ1n) is 8.75. The van der Waals surface area contributed by atoms with Crippen LogP contribution in [0.25, 0.3) is 0 Å². The quantitative estimate of drug-likeness (QED) is 0.683. The zero-order valence-electron chi connectivity index (χ0n) is 13.8. The molecule has 0 spiro atoms. The largest absolute Gasteiger partial charge is 0.491 e. The molecule has 1 fully saturated rings. The molecule has 1 aliphatic rings. The highest BCUT2D eigenvalue weighted by Crippen LogP contribution is 2.33. The molecule has 1 saturated carbocycles. The Morgan fingerprint density at radius 3 is 2.36 bits per heavy atom. The zero-order chi connectivity index (χ0) is 15.9. The van der Waals surface area contributed by atoms with E-state index in [9.17, 15) is 8.78 Å². The van der Waals surface area contributed by atoms with Crippen molar-refractivity contribution in [3.05, 3.63) is 23.8 Å². The Bertz CT molecular complexity index is 470. The molecule has 124 valence electrons. The molecule has 4 heteroatoms. The summed E-state index contributed by atoms with van der Waals surface area (Å²) in [5.74, 6) is 0.199. The van der Waals surface area contributed by atoms with Crippen molar-refractivity contribution in [1.29, 1.82) is 0 Å². The van der Waals surface area contributed by atoms with Crippen LogP contribution >= 0.6 is 0 Å². The van der Waals surface area contributed by atoms with Crippen LogP contribution < -0.4 is 9.92 Å². The van der Waals surface area contributed by atoms with Crippen LogP contribution in [0.15, 0.2) is 12.1 Å². The number of halogens is 2. The summed E-state index contributed by atoms with van der Waals surface area (Å²) >= 11 is 0. The van der Waals surface area contributed by atoms with Crippen LogP contribution in [0, 0.1) is 23.5 Å². The van der Waals surface area contributed by atoms with Gasteiger partial charge in [0.25, 0.3) is 0 Å². The molecule has 0 unspecified atom stereocenters. The lowest BCUT2D eigenvalue weighted by Gasteiger charge is -2.28. The van der Waals surface area contributed by atoms with Crippen LogP contribution in [-0.4, -0.2) is 16.1 Å². The second-order valence-corrected chi connectivity index (χ2v) is 8.34. The summed E-state index contributed by atoms with van der Waals surface area (Å²) in [4.78, 5) is 0. The standard InChI is InChI=1S/C18H28F2OSi/c1-3-5-13-6-8-14(9-7-13)12-22-16-11-10-15(21-4-2)17(19)18(16)20/h10-11,13-14H,3-9,12,22H2,1-2H3/t13-,14-. The van der Waals surface area contributed by atoms with Crippen molar-refractivity contribution in [3.63, 3.8) is 0 Å². The van der Waals surface area contributed by atoms with E-state index >= 15 is 0 Å². The predicted octanol–water partition coefficient (Wildman–Crippen LogP) is 4.18. The van der Waals surface area contributed by atoms with Crippen LogP contribution in [0.2, 0.25) is 6.04 Å². The van der Waals surface area contributed by atoms with Crippen molar-refractivity contribution >= 4 is 14.7 Å². The molecule has 0 bridgehead atoms. The maximum atomic E-state index is 14.1. The van der Waals surface area contributed by atoms with E-state index in [0.717, 1.165) is 17.9 Å². The van der Waals surface area contributed by atoms with E-state index in [4.69, 9.17) is 4.74 Å². The SMILES string of the molecule is CCC[C@H]1CC[C@H](C[SiH2]c2ccc(OCC)c(F)c2F)CC1.